The van der Waals surface area contributed by atoms with E-state index in [1.54, 1.807) is 11.3 Å². The monoisotopic (exact) mass is 410 g/mol. The lowest BCUT2D eigenvalue weighted by Crippen LogP contribution is -2.12. The summed E-state index contributed by atoms with van der Waals surface area (Å²) in [5.74, 6) is 1.56. The van der Waals surface area contributed by atoms with Crippen molar-refractivity contribution in [2.24, 2.45) is 0 Å². The third-order valence-electron chi connectivity index (χ3n) is 4.95. The summed E-state index contributed by atoms with van der Waals surface area (Å²) < 4.78 is 12.8. The standard InChI is InChI=1S/C23H26N2O3S/c1-3-27-20-13-16-12-15(2)28-19(16)14-18(20)24-22(26)10-6-7-11-23-25-17-8-4-5-9-21(17)29-23/h4-5,8-9,13-15H,3,6-7,10-12H2,1-2H3,(H,24,26). The molecule has 5 nitrogen and oxygen atoms in total. The SMILES string of the molecule is CCOc1cc2c(cc1NC(=O)CCCCc1nc3ccccc3s1)OC(C)C2. The van der Waals surface area contributed by atoms with Crippen molar-refractivity contribution in [3.63, 3.8) is 0 Å². The number of anilines is 1. The number of hydrogen-bond donors (Lipinski definition) is 1. The Morgan fingerprint density at radius 2 is 2.17 bits per heavy atom. The van der Waals surface area contributed by atoms with Gasteiger partial charge in [0.25, 0.3) is 0 Å². The van der Waals surface area contributed by atoms with E-state index in [1.807, 2.05) is 44.2 Å². The molecule has 1 N–H and O–H groups in total. The quantitative estimate of drug-likeness (QED) is 0.507. The van der Waals surface area contributed by atoms with Crippen LogP contribution in [-0.2, 0) is 17.6 Å². The van der Waals surface area contributed by atoms with E-state index in [2.05, 4.69) is 16.4 Å². The molecular weight excluding hydrogens is 384 g/mol. The highest BCUT2D eigenvalue weighted by atomic mass is 32.1. The zero-order chi connectivity index (χ0) is 20.2. The van der Waals surface area contributed by atoms with Gasteiger partial charge in [-0.3, -0.25) is 4.79 Å². The molecule has 6 heteroatoms. The summed E-state index contributed by atoms with van der Waals surface area (Å²) in [6, 6.07) is 12.1. The van der Waals surface area contributed by atoms with Crippen molar-refractivity contribution in [2.75, 3.05) is 11.9 Å². The number of nitrogens with zero attached hydrogens (tertiary/aromatic N) is 1. The number of aryl methyl sites for hydroxylation is 1. The fourth-order valence-electron chi connectivity index (χ4n) is 3.61. The molecule has 1 aromatic heterocycles. The molecule has 1 unspecified atom stereocenters. The number of nitrogens with one attached hydrogen (secondary N) is 1. The van der Waals surface area contributed by atoms with E-state index in [9.17, 15) is 4.79 Å². The van der Waals surface area contributed by atoms with Gasteiger partial charge in [0.1, 0.15) is 17.6 Å². The second-order valence-electron chi connectivity index (χ2n) is 7.35. The lowest BCUT2D eigenvalue weighted by molar-refractivity contribution is -0.116. The average Bonchev–Trinajstić information content (AvgIpc) is 3.27. The molecule has 0 saturated heterocycles. The highest BCUT2D eigenvalue weighted by Gasteiger charge is 2.22. The summed E-state index contributed by atoms with van der Waals surface area (Å²) in [6.07, 6.45) is 4.18. The number of hydrogen-bond acceptors (Lipinski definition) is 5. The highest BCUT2D eigenvalue weighted by Crippen LogP contribution is 2.38. The Morgan fingerprint density at radius 1 is 1.31 bits per heavy atom. The van der Waals surface area contributed by atoms with Crippen LogP contribution in [-0.4, -0.2) is 23.6 Å². The molecule has 1 aliphatic rings. The van der Waals surface area contributed by atoms with E-state index in [1.165, 1.54) is 4.70 Å². The minimum atomic E-state index is 0.00116. The number of carbonyl (C=O) groups excluding carboxylic acids is 1. The number of carbonyl (C=O) groups is 1. The maximum absolute atomic E-state index is 12.5. The maximum Gasteiger partial charge on any atom is 0.224 e. The van der Waals surface area contributed by atoms with Crippen LogP contribution in [0.1, 0.15) is 43.7 Å². The average molecular weight is 411 g/mol. The number of unbranched alkanes of at least 4 members (excludes halogenated alkanes) is 1. The summed E-state index contributed by atoms with van der Waals surface area (Å²) >= 11 is 1.74. The van der Waals surface area contributed by atoms with Crippen LogP contribution >= 0.6 is 11.3 Å². The third-order valence-corrected chi connectivity index (χ3v) is 6.05. The van der Waals surface area contributed by atoms with Gasteiger partial charge in [-0.05, 0) is 51.3 Å². The first-order valence-corrected chi connectivity index (χ1v) is 11.0. The van der Waals surface area contributed by atoms with E-state index in [-0.39, 0.29) is 12.0 Å². The van der Waals surface area contributed by atoms with Gasteiger partial charge >= 0.3 is 0 Å². The Kier molecular flexibility index (Phi) is 6.00. The van der Waals surface area contributed by atoms with Crippen molar-refractivity contribution in [2.45, 2.75) is 52.1 Å². The Morgan fingerprint density at radius 3 is 3.00 bits per heavy atom. The van der Waals surface area contributed by atoms with Gasteiger partial charge in [-0.25, -0.2) is 4.98 Å². The number of ether oxygens (including phenoxy) is 2. The summed E-state index contributed by atoms with van der Waals surface area (Å²) in [5, 5.41) is 4.14. The van der Waals surface area contributed by atoms with Crippen molar-refractivity contribution in [1.29, 1.82) is 0 Å². The minimum absolute atomic E-state index is 0.00116. The van der Waals surface area contributed by atoms with Crippen LogP contribution in [0.2, 0.25) is 0 Å². The zero-order valence-electron chi connectivity index (χ0n) is 16.9. The van der Waals surface area contributed by atoms with Crippen LogP contribution < -0.4 is 14.8 Å². The number of benzene rings is 2. The summed E-state index contributed by atoms with van der Waals surface area (Å²) in [4.78, 5) is 17.1. The lowest BCUT2D eigenvalue weighted by Gasteiger charge is -2.13. The van der Waals surface area contributed by atoms with Gasteiger partial charge in [-0.15, -0.1) is 11.3 Å². The molecule has 4 rings (SSSR count). The predicted molar refractivity (Wildman–Crippen MR) is 117 cm³/mol. The first kappa shape index (κ1) is 19.7. The molecule has 0 bridgehead atoms. The van der Waals surface area contributed by atoms with Crippen LogP contribution in [0, 0.1) is 0 Å². The number of aromatic nitrogens is 1. The van der Waals surface area contributed by atoms with Crippen molar-refractivity contribution in [3.8, 4) is 11.5 Å². The molecule has 1 atom stereocenters. The van der Waals surface area contributed by atoms with Crippen molar-refractivity contribution < 1.29 is 14.3 Å². The van der Waals surface area contributed by atoms with Crippen molar-refractivity contribution in [1.82, 2.24) is 4.98 Å². The zero-order valence-corrected chi connectivity index (χ0v) is 17.7. The first-order chi connectivity index (χ1) is 14.1. The van der Waals surface area contributed by atoms with Crippen molar-refractivity contribution in [3.05, 3.63) is 47.0 Å². The molecule has 0 saturated carbocycles. The number of para-hydroxylation sites is 1. The summed E-state index contributed by atoms with van der Waals surface area (Å²) in [5.41, 5.74) is 2.88. The Balaban J connectivity index is 1.31. The van der Waals surface area contributed by atoms with Gasteiger partial charge < -0.3 is 14.8 Å². The number of thiazole rings is 1. The van der Waals surface area contributed by atoms with E-state index in [4.69, 9.17) is 9.47 Å². The van der Waals surface area contributed by atoms with Crippen LogP contribution in [0.3, 0.4) is 0 Å². The smallest absolute Gasteiger partial charge is 0.224 e. The normalized spacial score (nSPS) is 15.2. The topological polar surface area (TPSA) is 60.5 Å². The molecule has 0 aliphatic carbocycles. The van der Waals surface area contributed by atoms with Crippen molar-refractivity contribution >= 4 is 33.1 Å². The van der Waals surface area contributed by atoms with Gasteiger partial charge in [0.15, 0.2) is 0 Å². The highest BCUT2D eigenvalue weighted by molar-refractivity contribution is 7.18. The molecule has 0 fully saturated rings. The van der Waals surface area contributed by atoms with Crippen LogP contribution in [0.25, 0.3) is 10.2 Å². The molecule has 2 heterocycles. The lowest BCUT2D eigenvalue weighted by atomic mass is 10.1. The third kappa shape index (κ3) is 4.70. The largest absolute Gasteiger partial charge is 0.492 e. The molecule has 1 amide bonds. The predicted octanol–water partition coefficient (Wildman–Crippen LogP) is 5.37. The van der Waals surface area contributed by atoms with Gasteiger partial charge in [-0.2, -0.15) is 0 Å². The molecule has 1 aliphatic heterocycles. The summed E-state index contributed by atoms with van der Waals surface area (Å²) in [7, 11) is 0. The Labute approximate surface area is 175 Å². The molecule has 3 aromatic rings. The second-order valence-corrected chi connectivity index (χ2v) is 8.47. The van der Waals surface area contributed by atoms with E-state index in [0.29, 0.717) is 24.5 Å². The molecule has 29 heavy (non-hydrogen) atoms. The number of amides is 1. The number of fused-ring (bicyclic) bond motifs is 2. The van der Waals surface area contributed by atoms with Crippen LogP contribution in [0.4, 0.5) is 5.69 Å². The molecule has 0 spiro atoms. The fourth-order valence-corrected chi connectivity index (χ4v) is 4.62. The van der Waals surface area contributed by atoms with Crippen LogP contribution in [0.15, 0.2) is 36.4 Å². The maximum atomic E-state index is 12.5. The van der Waals surface area contributed by atoms with Gasteiger partial charge in [0.05, 0.1) is 27.5 Å². The summed E-state index contributed by atoms with van der Waals surface area (Å²) in [6.45, 7) is 4.55. The van der Waals surface area contributed by atoms with E-state index in [0.717, 1.165) is 47.5 Å². The van der Waals surface area contributed by atoms with E-state index < -0.39 is 0 Å². The second kappa shape index (κ2) is 8.82. The van der Waals surface area contributed by atoms with E-state index >= 15 is 0 Å². The number of rotatable bonds is 8. The Hall–Kier alpha value is -2.60. The van der Waals surface area contributed by atoms with Gasteiger partial charge in [0, 0.05) is 24.5 Å². The van der Waals surface area contributed by atoms with Gasteiger partial charge in [0.2, 0.25) is 5.91 Å². The first-order valence-electron chi connectivity index (χ1n) is 10.2. The van der Waals surface area contributed by atoms with Crippen LogP contribution in [0.5, 0.6) is 11.5 Å². The molecule has 0 radical (unpaired) electrons. The Bertz CT molecular complexity index is 982. The minimum Gasteiger partial charge on any atom is -0.492 e. The molecular formula is C23H26N2O3S. The fraction of sp³-hybridized carbons (Fsp3) is 0.391. The molecule has 152 valence electrons. The molecule has 2 aromatic carbocycles. The van der Waals surface area contributed by atoms with Gasteiger partial charge in [-0.1, -0.05) is 12.1 Å².